The number of nitrogens with two attached hydrogens (primary N) is 2. The monoisotopic (exact) mass is 594 g/mol. The van der Waals surface area contributed by atoms with Crippen molar-refractivity contribution in [1.29, 1.82) is 0 Å². The van der Waals surface area contributed by atoms with E-state index in [9.17, 15) is 4.79 Å². The first-order valence-corrected chi connectivity index (χ1v) is 16.9. The average molecular weight is 595 g/mol. The molecule has 4 N–H and O–H groups in total. The fraction of sp³-hybridized carbons (Fsp3) is 0.556. The highest BCUT2D eigenvalue weighted by molar-refractivity contribution is 6.00. The second-order valence-electron chi connectivity index (χ2n) is 14.3. The summed E-state index contributed by atoms with van der Waals surface area (Å²) in [4.78, 5) is 21.2. The van der Waals surface area contributed by atoms with E-state index in [2.05, 4.69) is 45.3 Å². The Labute approximate surface area is 259 Å². The summed E-state index contributed by atoms with van der Waals surface area (Å²) in [6, 6.07) is 13.8. The molecule has 9 rings (SSSR count). The summed E-state index contributed by atoms with van der Waals surface area (Å²) in [6.45, 7) is 1.75. The van der Waals surface area contributed by atoms with Crippen LogP contribution in [0.5, 0.6) is 5.75 Å². The van der Waals surface area contributed by atoms with Gasteiger partial charge in [-0.3, -0.25) is 4.79 Å². The Kier molecular flexibility index (Phi) is 6.98. The molecule has 3 saturated carbocycles. The van der Waals surface area contributed by atoms with Crippen LogP contribution < -0.4 is 16.2 Å². The van der Waals surface area contributed by atoms with Gasteiger partial charge >= 0.3 is 0 Å². The van der Waals surface area contributed by atoms with Gasteiger partial charge in [-0.1, -0.05) is 18.2 Å². The SMILES string of the molecule is COc1cc(C(=O)N2C[C@H]3CC[C@@H]2C[C@@H]3N)cc2nc(-c3cc4cccc(C[C@H]5CC[C@H](N)CC5)c4n3CC3CC3)n(C)c12. The van der Waals surface area contributed by atoms with Gasteiger partial charge in [0.05, 0.1) is 23.8 Å². The first kappa shape index (κ1) is 28.1. The Bertz CT molecular complexity index is 1730. The third kappa shape index (κ3) is 4.81. The molecule has 2 aromatic carbocycles. The first-order valence-electron chi connectivity index (χ1n) is 16.9. The summed E-state index contributed by atoms with van der Waals surface area (Å²) in [5.41, 5.74) is 18.9. The molecular weight excluding hydrogens is 548 g/mol. The van der Waals surface area contributed by atoms with Crippen molar-refractivity contribution in [3.63, 3.8) is 0 Å². The van der Waals surface area contributed by atoms with Crippen molar-refractivity contribution in [3.8, 4) is 17.3 Å². The highest BCUT2D eigenvalue weighted by Crippen LogP contribution is 2.41. The van der Waals surface area contributed by atoms with Crippen LogP contribution in [0.25, 0.3) is 33.5 Å². The zero-order valence-electron chi connectivity index (χ0n) is 26.2. The van der Waals surface area contributed by atoms with Crippen LogP contribution in [-0.2, 0) is 20.0 Å². The van der Waals surface area contributed by atoms with Crippen LogP contribution in [0.4, 0.5) is 0 Å². The summed E-state index contributed by atoms with van der Waals surface area (Å²) in [6.07, 6.45) is 11.4. The maximum atomic E-state index is 13.9. The van der Waals surface area contributed by atoms with Gasteiger partial charge in [0, 0.05) is 49.2 Å². The molecule has 0 unspecified atom stereocenters. The number of fused-ring (bicyclic) bond motifs is 5. The molecule has 8 nitrogen and oxygen atoms in total. The quantitative estimate of drug-likeness (QED) is 0.289. The third-order valence-electron chi connectivity index (χ3n) is 11.3. The number of rotatable bonds is 7. The third-order valence-corrected chi connectivity index (χ3v) is 11.3. The largest absolute Gasteiger partial charge is 0.494 e. The number of hydrogen-bond donors (Lipinski definition) is 2. The van der Waals surface area contributed by atoms with Crippen molar-refractivity contribution in [2.24, 2.45) is 36.3 Å². The predicted molar refractivity (Wildman–Crippen MR) is 175 cm³/mol. The summed E-state index contributed by atoms with van der Waals surface area (Å²) >= 11 is 0. The first-order chi connectivity index (χ1) is 21.4. The molecule has 2 aromatic heterocycles. The molecule has 5 aliphatic rings. The Balaban J connectivity index is 1.20. The van der Waals surface area contributed by atoms with Crippen LogP contribution >= 0.6 is 0 Å². The van der Waals surface area contributed by atoms with Crippen molar-refractivity contribution in [1.82, 2.24) is 19.0 Å². The normalized spacial score (nSPS) is 27.0. The number of aromatic nitrogens is 3. The van der Waals surface area contributed by atoms with Crippen LogP contribution in [-0.4, -0.2) is 56.7 Å². The molecule has 44 heavy (non-hydrogen) atoms. The maximum absolute atomic E-state index is 13.9. The van der Waals surface area contributed by atoms with Gasteiger partial charge in [0.2, 0.25) is 0 Å². The van der Waals surface area contributed by atoms with E-state index in [1.807, 2.05) is 12.1 Å². The van der Waals surface area contributed by atoms with E-state index in [0.29, 0.717) is 35.1 Å². The summed E-state index contributed by atoms with van der Waals surface area (Å²) < 4.78 is 10.6. The molecule has 3 aliphatic carbocycles. The standard InChI is InChI=1S/C36H46N6O2/c1-40-34-30(15-26(17-32(34)44-2)36(43)41-20-25-10-13-28(41)18-29(25)38)39-35(40)31-16-24-5-3-4-23(14-21-8-11-27(37)12-9-21)33(24)42(31)19-22-6-7-22/h3-5,15-17,21-22,25,27-29H,6-14,18-20,37-38H2,1-2H3/t21-,25-,27-,28-,29+/m1/s1. The van der Waals surface area contributed by atoms with Gasteiger partial charge in [0.25, 0.3) is 5.91 Å². The van der Waals surface area contributed by atoms with E-state index in [-0.39, 0.29) is 18.0 Å². The van der Waals surface area contributed by atoms with E-state index in [0.717, 1.165) is 74.2 Å². The number of imidazole rings is 1. The number of ether oxygens (including phenoxy) is 1. The zero-order valence-corrected chi connectivity index (χ0v) is 26.2. The summed E-state index contributed by atoms with van der Waals surface area (Å²) in [7, 11) is 3.76. The van der Waals surface area contributed by atoms with Gasteiger partial charge in [-0.2, -0.15) is 0 Å². The smallest absolute Gasteiger partial charge is 0.254 e. The number of para-hydroxylation sites is 1. The van der Waals surface area contributed by atoms with Crippen molar-refractivity contribution in [3.05, 3.63) is 47.5 Å². The second-order valence-corrected chi connectivity index (χ2v) is 14.3. The average Bonchev–Trinajstić information content (AvgIpc) is 3.70. The van der Waals surface area contributed by atoms with Gasteiger partial charge in [0.15, 0.2) is 5.82 Å². The molecule has 2 aliphatic heterocycles. The maximum Gasteiger partial charge on any atom is 0.254 e. The number of benzene rings is 2. The molecule has 0 spiro atoms. The van der Waals surface area contributed by atoms with Gasteiger partial charge in [-0.05, 0) is 106 Å². The number of carbonyl (C=O) groups excluding carboxylic acids is 1. The van der Waals surface area contributed by atoms with Gasteiger partial charge in [-0.15, -0.1) is 0 Å². The lowest BCUT2D eigenvalue weighted by Gasteiger charge is -2.48. The van der Waals surface area contributed by atoms with Crippen LogP contribution in [0, 0.1) is 17.8 Å². The topological polar surface area (TPSA) is 104 Å². The number of carbonyl (C=O) groups is 1. The van der Waals surface area contributed by atoms with E-state index < -0.39 is 0 Å². The molecule has 5 fully saturated rings. The van der Waals surface area contributed by atoms with Gasteiger partial charge in [-0.25, -0.2) is 4.98 Å². The summed E-state index contributed by atoms with van der Waals surface area (Å²) in [5.74, 6) is 3.46. The molecule has 0 radical (unpaired) electrons. The van der Waals surface area contributed by atoms with E-state index in [4.69, 9.17) is 21.2 Å². The number of hydrogen-bond acceptors (Lipinski definition) is 5. The number of nitrogens with zero attached hydrogens (tertiary/aromatic N) is 4. The van der Waals surface area contributed by atoms with Crippen LogP contribution in [0.15, 0.2) is 36.4 Å². The van der Waals surface area contributed by atoms with Crippen molar-refractivity contribution >= 4 is 27.8 Å². The van der Waals surface area contributed by atoms with E-state index in [1.54, 1.807) is 7.11 Å². The van der Waals surface area contributed by atoms with Gasteiger partial charge < -0.3 is 30.2 Å². The molecular formula is C36H46N6O2. The van der Waals surface area contributed by atoms with Crippen LogP contribution in [0.2, 0.25) is 0 Å². The zero-order chi connectivity index (χ0) is 30.1. The second kappa shape index (κ2) is 10.9. The number of methoxy groups -OCH3 is 1. The van der Waals surface area contributed by atoms with E-state index >= 15 is 0 Å². The Morgan fingerprint density at radius 1 is 0.977 bits per heavy atom. The Morgan fingerprint density at radius 2 is 1.77 bits per heavy atom. The molecule has 1 amide bonds. The number of amides is 1. The molecule has 2 saturated heterocycles. The van der Waals surface area contributed by atoms with Crippen molar-refractivity contribution in [2.45, 2.75) is 88.9 Å². The van der Waals surface area contributed by atoms with E-state index in [1.165, 1.54) is 42.1 Å². The predicted octanol–water partition coefficient (Wildman–Crippen LogP) is 5.63. The highest BCUT2D eigenvalue weighted by atomic mass is 16.5. The van der Waals surface area contributed by atoms with Gasteiger partial charge in [0.1, 0.15) is 11.3 Å². The van der Waals surface area contributed by atoms with Crippen LogP contribution in [0.1, 0.15) is 73.7 Å². The minimum atomic E-state index is 0.0650. The van der Waals surface area contributed by atoms with Crippen molar-refractivity contribution < 1.29 is 9.53 Å². The molecule has 4 aromatic rings. The minimum absolute atomic E-state index is 0.0650. The fourth-order valence-corrected chi connectivity index (χ4v) is 8.59. The number of aryl methyl sites for hydroxylation is 1. The Hall–Kier alpha value is -3.36. The number of piperidine rings is 2. The van der Waals surface area contributed by atoms with Crippen molar-refractivity contribution in [2.75, 3.05) is 13.7 Å². The summed E-state index contributed by atoms with van der Waals surface area (Å²) in [5, 5.41) is 1.28. The molecule has 3 atom stereocenters. The lowest BCUT2D eigenvalue weighted by molar-refractivity contribution is 0.0261. The molecule has 2 bridgehead atoms. The molecule has 8 heteroatoms. The Morgan fingerprint density at radius 3 is 2.48 bits per heavy atom. The minimum Gasteiger partial charge on any atom is -0.494 e. The molecule has 4 heterocycles. The fourth-order valence-electron chi connectivity index (χ4n) is 8.59. The highest BCUT2D eigenvalue weighted by Gasteiger charge is 2.41. The molecule has 232 valence electrons. The lowest BCUT2D eigenvalue weighted by Crippen LogP contribution is -2.58. The lowest BCUT2D eigenvalue weighted by atomic mass is 9.76. The van der Waals surface area contributed by atoms with Crippen LogP contribution in [0.3, 0.4) is 0 Å².